The fourth-order valence-electron chi connectivity index (χ4n) is 4.19. The monoisotopic (exact) mass is 441 g/mol. The van der Waals surface area contributed by atoms with E-state index >= 15 is 0 Å². The van der Waals surface area contributed by atoms with E-state index in [-0.39, 0.29) is 35.5 Å². The molecule has 2 atom stereocenters. The van der Waals surface area contributed by atoms with Gasteiger partial charge in [-0.3, -0.25) is 9.59 Å². The van der Waals surface area contributed by atoms with E-state index in [0.717, 1.165) is 32.1 Å². The second kappa shape index (κ2) is 9.47. The molecule has 0 unspecified atom stereocenters. The van der Waals surface area contributed by atoms with Crippen LogP contribution in [0.3, 0.4) is 0 Å². The molecule has 4 N–H and O–H groups in total. The average molecular weight is 442 g/mol. The van der Waals surface area contributed by atoms with Crippen molar-refractivity contribution in [1.29, 1.82) is 0 Å². The number of hydrogen-bond acceptors (Lipinski definition) is 7. The van der Waals surface area contributed by atoms with Crippen LogP contribution in [0.1, 0.15) is 29.6 Å². The first-order valence-corrected chi connectivity index (χ1v) is 10.8. The zero-order chi connectivity index (χ0) is 22.7. The molecular weight excluding hydrogens is 413 g/mol. The van der Waals surface area contributed by atoms with Crippen molar-refractivity contribution in [3.8, 4) is 0 Å². The Hall–Kier alpha value is -3.27. The van der Waals surface area contributed by atoms with Crippen LogP contribution in [0.2, 0.25) is 0 Å². The van der Waals surface area contributed by atoms with E-state index in [1.807, 2.05) is 11.9 Å². The van der Waals surface area contributed by atoms with Crippen molar-refractivity contribution < 1.29 is 14.0 Å². The summed E-state index contributed by atoms with van der Waals surface area (Å²) >= 11 is 0. The molecule has 2 aromatic rings. The SMILES string of the molecule is CN1CCN(C(=O)c2ccc(Nc3ncc(F)c(N[C@H]4CCC[C@H]4C(N)=O)n3)cc2)CC1. The number of primary amides is 1. The van der Waals surface area contributed by atoms with Crippen LogP contribution in [-0.2, 0) is 4.79 Å². The number of halogens is 1. The average Bonchev–Trinajstić information content (AvgIpc) is 3.25. The standard InChI is InChI=1S/C22H28FN7O2/c1-29-9-11-30(12-10-29)21(32)14-5-7-15(8-6-14)26-22-25-13-17(23)20(28-22)27-18-4-2-3-16(18)19(24)31/h5-8,13,16,18H,2-4,9-12H2,1H3,(H2,24,31)(H2,25,26,27,28)/t16-,18+/m1/s1. The normalized spacial score (nSPS) is 21.4. The molecule has 1 aromatic heterocycles. The summed E-state index contributed by atoms with van der Waals surface area (Å²) in [6.45, 7) is 3.16. The molecule has 1 aliphatic heterocycles. The van der Waals surface area contributed by atoms with Crippen molar-refractivity contribution in [1.82, 2.24) is 19.8 Å². The number of carbonyl (C=O) groups excluding carboxylic acids is 2. The van der Waals surface area contributed by atoms with Crippen LogP contribution in [0.4, 0.5) is 21.8 Å². The van der Waals surface area contributed by atoms with Gasteiger partial charge in [-0.05, 0) is 44.2 Å². The molecule has 0 spiro atoms. The van der Waals surface area contributed by atoms with E-state index in [1.54, 1.807) is 24.3 Å². The van der Waals surface area contributed by atoms with Gasteiger partial charge in [0.1, 0.15) is 0 Å². The van der Waals surface area contributed by atoms with Crippen LogP contribution in [0.5, 0.6) is 0 Å². The maximum absolute atomic E-state index is 14.3. The third-order valence-electron chi connectivity index (χ3n) is 6.13. The predicted molar refractivity (Wildman–Crippen MR) is 119 cm³/mol. The number of rotatable bonds is 6. The van der Waals surface area contributed by atoms with Crippen molar-refractivity contribution in [3.63, 3.8) is 0 Å². The molecule has 4 rings (SSSR count). The lowest BCUT2D eigenvalue weighted by molar-refractivity contribution is -0.121. The van der Waals surface area contributed by atoms with Gasteiger partial charge in [0.2, 0.25) is 11.9 Å². The lowest BCUT2D eigenvalue weighted by Gasteiger charge is -2.32. The Morgan fingerprint density at radius 3 is 2.53 bits per heavy atom. The molecule has 170 valence electrons. The molecule has 1 aliphatic carbocycles. The summed E-state index contributed by atoms with van der Waals surface area (Å²) in [6.07, 6.45) is 3.34. The van der Waals surface area contributed by atoms with Crippen molar-refractivity contribution in [2.24, 2.45) is 11.7 Å². The van der Waals surface area contributed by atoms with E-state index in [9.17, 15) is 14.0 Å². The van der Waals surface area contributed by atoms with E-state index in [4.69, 9.17) is 5.73 Å². The highest BCUT2D eigenvalue weighted by atomic mass is 19.1. The quantitative estimate of drug-likeness (QED) is 0.626. The highest BCUT2D eigenvalue weighted by Gasteiger charge is 2.32. The van der Waals surface area contributed by atoms with Gasteiger partial charge in [-0.1, -0.05) is 6.42 Å². The molecule has 0 bridgehead atoms. The van der Waals surface area contributed by atoms with Gasteiger partial charge in [-0.15, -0.1) is 0 Å². The molecule has 1 saturated heterocycles. The molecule has 32 heavy (non-hydrogen) atoms. The first kappa shape index (κ1) is 21.9. The summed E-state index contributed by atoms with van der Waals surface area (Å²) in [6, 6.07) is 6.79. The largest absolute Gasteiger partial charge is 0.369 e. The van der Waals surface area contributed by atoms with E-state index < -0.39 is 5.82 Å². The summed E-state index contributed by atoms with van der Waals surface area (Å²) in [5, 5.41) is 6.04. The van der Waals surface area contributed by atoms with Crippen molar-refractivity contribution in [3.05, 3.63) is 41.8 Å². The Balaban J connectivity index is 1.41. The zero-order valence-electron chi connectivity index (χ0n) is 18.1. The minimum absolute atomic E-state index is 0.00902. The number of carbonyl (C=O) groups is 2. The number of nitrogens with two attached hydrogens (primary N) is 1. The van der Waals surface area contributed by atoms with Gasteiger partial charge in [0.05, 0.1) is 12.1 Å². The molecule has 2 aliphatic rings. The van der Waals surface area contributed by atoms with Gasteiger partial charge in [0.15, 0.2) is 11.6 Å². The number of anilines is 3. The summed E-state index contributed by atoms with van der Waals surface area (Å²) in [5.74, 6) is -1.08. The van der Waals surface area contributed by atoms with E-state index in [2.05, 4.69) is 25.5 Å². The molecule has 10 heteroatoms. The molecule has 0 radical (unpaired) electrons. The molecule has 2 fully saturated rings. The van der Waals surface area contributed by atoms with Gasteiger partial charge < -0.3 is 26.2 Å². The lowest BCUT2D eigenvalue weighted by Crippen LogP contribution is -2.47. The topological polar surface area (TPSA) is 116 Å². The van der Waals surface area contributed by atoms with E-state index in [1.165, 1.54) is 0 Å². The highest BCUT2D eigenvalue weighted by molar-refractivity contribution is 5.94. The molecular formula is C22H28FN7O2. The first-order valence-electron chi connectivity index (χ1n) is 10.8. The number of nitrogens with one attached hydrogen (secondary N) is 2. The van der Waals surface area contributed by atoms with E-state index in [0.29, 0.717) is 30.8 Å². The fourth-order valence-corrected chi connectivity index (χ4v) is 4.19. The molecule has 9 nitrogen and oxygen atoms in total. The maximum Gasteiger partial charge on any atom is 0.253 e. The number of amides is 2. The highest BCUT2D eigenvalue weighted by Crippen LogP contribution is 2.29. The summed E-state index contributed by atoms with van der Waals surface area (Å²) in [5.41, 5.74) is 6.74. The Labute approximate surface area is 186 Å². The van der Waals surface area contributed by atoms with Crippen molar-refractivity contribution in [2.75, 3.05) is 43.9 Å². The number of aromatic nitrogens is 2. The summed E-state index contributed by atoms with van der Waals surface area (Å²) in [7, 11) is 2.05. The Kier molecular flexibility index (Phi) is 6.50. The second-order valence-electron chi connectivity index (χ2n) is 8.38. The lowest BCUT2D eigenvalue weighted by atomic mass is 10.0. The van der Waals surface area contributed by atoms with Gasteiger partial charge in [0, 0.05) is 43.5 Å². The van der Waals surface area contributed by atoms with Gasteiger partial charge in [-0.25, -0.2) is 9.37 Å². The first-order chi connectivity index (χ1) is 15.4. The molecule has 1 aromatic carbocycles. The van der Waals surface area contributed by atoms with Crippen molar-refractivity contribution >= 4 is 29.3 Å². The third-order valence-corrected chi connectivity index (χ3v) is 6.13. The van der Waals surface area contributed by atoms with Gasteiger partial charge >= 0.3 is 0 Å². The number of hydrogen-bond donors (Lipinski definition) is 3. The van der Waals surface area contributed by atoms with Crippen LogP contribution in [0, 0.1) is 11.7 Å². The van der Waals surface area contributed by atoms with Gasteiger partial charge in [-0.2, -0.15) is 4.98 Å². The minimum Gasteiger partial charge on any atom is -0.369 e. The van der Waals surface area contributed by atoms with Crippen LogP contribution >= 0.6 is 0 Å². The van der Waals surface area contributed by atoms with Gasteiger partial charge in [0.25, 0.3) is 5.91 Å². The zero-order valence-corrected chi connectivity index (χ0v) is 18.1. The second-order valence-corrected chi connectivity index (χ2v) is 8.38. The van der Waals surface area contributed by atoms with Crippen LogP contribution in [0.15, 0.2) is 30.5 Å². The number of likely N-dealkylation sites (N-methyl/N-ethyl adjacent to an activating group) is 1. The molecule has 2 amide bonds. The van der Waals surface area contributed by atoms with Crippen molar-refractivity contribution in [2.45, 2.75) is 25.3 Å². The minimum atomic E-state index is -0.598. The number of benzene rings is 1. The molecule has 1 saturated carbocycles. The van der Waals surface area contributed by atoms with Crippen LogP contribution < -0.4 is 16.4 Å². The Bertz CT molecular complexity index is 977. The fraction of sp³-hybridized carbons (Fsp3) is 0.455. The van der Waals surface area contributed by atoms with Crippen LogP contribution in [0.25, 0.3) is 0 Å². The summed E-state index contributed by atoms with van der Waals surface area (Å²) < 4.78 is 14.3. The number of nitrogens with zero attached hydrogens (tertiary/aromatic N) is 4. The number of piperazine rings is 1. The maximum atomic E-state index is 14.3. The molecule has 2 heterocycles. The predicted octanol–water partition coefficient (Wildman–Crippen LogP) is 1.81. The third kappa shape index (κ3) is 4.96. The smallest absolute Gasteiger partial charge is 0.253 e. The summed E-state index contributed by atoms with van der Waals surface area (Å²) in [4.78, 5) is 36.5. The van der Waals surface area contributed by atoms with Crippen LogP contribution in [-0.4, -0.2) is 70.9 Å². The Morgan fingerprint density at radius 1 is 1.12 bits per heavy atom. The Morgan fingerprint density at radius 2 is 1.84 bits per heavy atom.